The highest BCUT2D eigenvalue weighted by molar-refractivity contribution is 8.00. The number of ether oxygens (including phenoxy) is 2. The minimum Gasteiger partial charge on any atom is -0.453 e. The van der Waals surface area contributed by atoms with Crippen LogP contribution in [0, 0.1) is 0 Å². The molecule has 0 radical (unpaired) electrons. The van der Waals surface area contributed by atoms with Gasteiger partial charge in [0.1, 0.15) is 0 Å². The van der Waals surface area contributed by atoms with Gasteiger partial charge in [-0.15, -0.1) is 11.8 Å². The third-order valence-electron chi connectivity index (χ3n) is 2.19. The third kappa shape index (κ3) is 5.75. The van der Waals surface area contributed by atoms with Crippen molar-refractivity contribution in [2.24, 2.45) is 0 Å². The summed E-state index contributed by atoms with van der Waals surface area (Å²) in [4.78, 5) is 34.7. The highest BCUT2D eigenvalue weighted by atomic mass is 32.2. The van der Waals surface area contributed by atoms with E-state index >= 15 is 0 Å². The maximum absolute atomic E-state index is 11.5. The summed E-state index contributed by atoms with van der Waals surface area (Å²) < 4.78 is 9.17. The molecule has 7 heteroatoms. The van der Waals surface area contributed by atoms with Crippen molar-refractivity contribution in [3.63, 3.8) is 0 Å². The van der Waals surface area contributed by atoms with Gasteiger partial charge in [0, 0.05) is 4.90 Å². The minimum atomic E-state index is -1.06. The van der Waals surface area contributed by atoms with Gasteiger partial charge < -0.3 is 9.47 Å². The molecule has 6 nitrogen and oxygen atoms in total. The molecular weight excluding hydrogens is 282 g/mol. The van der Waals surface area contributed by atoms with E-state index in [0.717, 1.165) is 12.0 Å². The van der Waals surface area contributed by atoms with Crippen molar-refractivity contribution < 1.29 is 23.9 Å². The van der Waals surface area contributed by atoms with Gasteiger partial charge in [-0.1, -0.05) is 18.2 Å². The van der Waals surface area contributed by atoms with Crippen LogP contribution in [0.15, 0.2) is 35.2 Å². The van der Waals surface area contributed by atoms with Crippen molar-refractivity contribution >= 4 is 29.7 Å². The van der Waals surface area contributed by atoms with Crippen molar-refractivity contribution in [2.45, 2.75) is 17.9 Å². The second-order valence-electron chi connectivity index (χ2n) is 3.71. The molecule has 2 amide bonds. The zero-order valence-corrected chi connectivity index (χ0v) is 11.9. The first kappa shape index (κ1) is 16.0. The Labute approximate surface area is 120 Å². The Morgan fingerprint density at radius 1 is 1.25 bits per heavy atom. The molecule has 1 atom stereocenters. The smallest absolute Gasteiger partial charge is 0.413 e. The van der Waals surface area contributed by atoms with E-state index in [-0.39, 0.29) is 5.75 Å². The van der Waals surface area contributed by atoms with Crippen LogP contribution in [0.25, 0.3) is 0 Å². The molecule has 0 saturated heterocycles. The van der Waals surface area contributed by atoms with Gasteiger partial charge in [-0.3, -0.25) is 14.9 Å². The molecule has 0 unspecified atom stereocenters. The summed E-state index contributed by atoms with van der Waals surface area (Å²) >= 11 is 1.30. The molecule has 0 saturated carbocycles. The van der Waals surface area contributed by atoms with E-state index in [9.17, 15) is 14.4 Å². The number of alkyl carbamates (subject to hydrolysis) is 1. The molecule has 0 spiro atoms. The average Bonchev–Trinajstić information content (AvgIpc) is 2.45. The summed E-state index contributed by atoms with van der Waals surface area (Å²) in [6.45, 7) is 1.38. The van der Waals surface area contributed by atoms with Crippen LogP contribution in [-0.4, -0.2) is 36.9 Å². The number of carbonyl (C=O) groups excluding carboxylic acids is 3. The van der Waals surface area contributed by atoms with Crippen LogP contribution in [0.1, 0.15) is 6.92 Å². The standard InChI is InChI=1S/C13H15NO5S/c1-9(12(16)14-13(17)18-2)19-11(15)8-20-10-6-4-3-5-7-10/h3-7,9H,8H2,1-2H3,(H,14,16,17)/t9-/m1/s1. The Kier molecular flexibility index (Phi) is 6.58. The number of rotatable bonds is 5. The number of nitrogens with one attached hydrogen (secondary N) is 1. The van der Waals surface area contributed by atoms with E-state index in [1.54, 1.807) is 0 Å². The number of thioether (sulfide) groups is 1. The van der Waals surface area contributed by atoms with Crippen LogP contribution in [0.4, 0.5) is 4.79 Å². The second kappa shape index (κ2) is 8.21. The molecule has 0 fully saturated rings. The predicted octanol–water partition coefficient (Wildman–Crippen LogP) is 1.59. The summed E-state index contributed by atoms with van der Waals surface area (Å²) in [5.41, 5.74) is 0. The summed E-state index contributed by atoms with van der Waals surface area (Å²) in [6.07, 6.45) is -1.95. The molecule has 0 bridgehead atoms. The molecule has 1 N–H and O–H groups in total. The van der Waals surface area contributed by atoms with Gasteiger partial charge in [0.2, 0.25) is 0 Å². The lowest BCUT2D eigenvalue weighted by atomic mass is 10.4. The fraction of sp³-hybridized carbons (Fsp3) is 0.308. The Bertz CT molecular complexity index is 477. The highest BCUT2D eigenvalue weighted by Gasteiger charge is 2.20. The van der Waals surface area contributed by atoms with Crippen LogP contribution in [0.3, 0.4) is 0 Å². The molecule has 1 aromatic carbocycles. The van der Waals surface area contributed by atoms with Crippen LogP contribution in [0.5, 0.6) is 0 Å². The normalized spacial score (nSPS) is 11.3. The first-order chi connectivity index (χ1) is 9.52. The topological polar surface area (TPSA) is 81.7 Å². The van der Waals surface area contributed by atoms with Crippen LogP contribution in [-0.2, 0) is 19.1 Å². The van der Waals surface area contributed by atoms with Gasteiger partial charge in [-0.05, 0) is 19.1 Å². The van der Waals surface area contributed by atoms with E-state index in [2.05, 4.69) is 4.74 Å². The molecule has 0 aliphatic heterocycles. The third-order valence-corrected chi connectivity index (χ3v) is 3.17. The Hall–Kier alpha value is -2.02. The van der Waals surface area contributed by atoms with Crippen LogP contribution >= 0.6 is 11.8 Å². The molecule has 1 rings (SSSR count). The van der Waals surface area contributed by atoms with E-state index < -0.39 is 24.1 Å². The van der Waals surface area contributed by atoms with E-state index in [0.29, 0.717) is 0 Å². The van der Waals surface area contributed by atoms with Crippen molar-refractivity contribution in [3.8, 4) is 0 Å². The molecular formula is C13H15NO5S. The molecule has 1 aromatic rings. The first-order valence-corrected chi connectivity index (χ1v) is 6.77. The van der Waals surface area contributed by atoms with Gasteiger partial charge in [0.05, 0.1) is 12.9 Å². The maximum Gasteiger partial charge on any atom is 0.413 e. The summed E-state index contributed by atoms with van der Waals surface area (Å²) in [5, 5.41) is 1.92. The highest BCUT2D eigenvalue weighted by Crippen LogP contribution is 2.17. The predicted molar refractivity (Wildman–Crippen MR) is 73.3 cm³/mol. The van der Waals surface area contributed by atoms with E-state index in [4.69, 9.17) is 4.74 Å². The maximum atomic E-state index is 11.5. The lowest BCUT2D eigenvalue weighted by Gasteiger charge is -2.12. The molecule has 0 aliphatic rings. The first-order valence-electron chi connectivity index (χ1n) is 5.79. The van der Waals surface area contributed by atoms with Crippen molar-refractivity contribution in [2.75, 3.05) is 12.9 Å². The number of benzene rings is 1. The molecule has 108 valence electrons. The minimum absolute atomic E-state index is 0.0832. The number of carbonyl (C=O) groups is 3. The Morgan fingerprint density at radius 3 is 2.50 bits per heavy atom. The quantitative estimate of drug-likeness (QED) is 0.656. The molecule has 20 heavy (non-hydrogen) atoms. The number of hydrogen-bond acceptors (Lipinski definition) is 6. The fourth-order valence-electron chi connectivity index (χ4n) is 1.20. The lowest BCUT2D eigenvalue weighted by Crippen LogP contribution is -2.39. The zero-order chi connectivity index (χ0) is 15.0. The van der Waals surface area contributed by atoms with Crippen LogP contribution in [0.2, 0.25) is 0 Å². The average molecular weight is 297 g/mol. The van der Waals surface area contributed by atoms with E-state index in [1.165, 1.54) is 18.7 Å². The number of amides is 2. The monoisotopic (exact) mass is 297 g/mol. The summed E-state index contributed by atoms with van der Waals surface area (Å²) in [6, 6.07) is 9.33. The van der Waals surface area contributed by atoms with Gasteiger partial charge in [0.25, 0.3) is 5.91 Å². The zero-order valence-electron chi connectivity index (χ0n) is 11.1. The number of esters is 1. The van der Waals surface area contributed by atoms with Gasteiger partial charge in [0.15, 0.2) is 6.10 Å². The van der Waals surface area contributed by atoms with Gasteiger partial charge in [-0.2, -0.15) is 0 Å². The van der Waals surface area contributed by atoms with Crippen molar-refractivity contribution in [1.82, 2.24) is 5.32 Å². The number of imide groups is 1. The molecule has 0 aliphatic carbocycles. The second-order valence-corrected chi connectivity index (χ2v) is 4.76. The number of methoxy groups -OCH3 is 1. The van der Waals surface area contributed by atoms with Crippen molar-refractivity contribution in [1.29, 1.82) is 0 Å². The van der Waals surface area contributed by atoms with Crippen LogP contribution < -0.4 is 5.32 Å². The summed E-state index contributed by atoms with van der Waals surface area (Å²) in [7, 11) is 1.13. The SMILES string of the molecule is COC(=O)NC(=O)[C@@H](C)OC(=O)CSc1ccccc1. The van der Waals surface area contributed by atoms with E-state index in [1.807, 2.05) is 35.6 Å². The molecule has 0 aromatic heterocycles. The number of hydrogen-bond donors (Lipinski definition) is 1. The van der Waals surface area contributed by atoms with Gasteiger partial charge >= 0.3 is 12.1 Å². The largest absolute Gasteiger partial charge is 0.453 e. The van der Waals surface area contributed by atoms with Crippen molar-refractivity contribution in [3.05, 3.63) is 30.3 Å². The molecule has 0 heterocycles. The fourth-order valence-corrected chi connectivity index (χ4v) is 1.90. The Balaban J connectivity index is 2.34. The van der Waals surface area contributed by atoms with Gasteiger partial charge in [-0.25, -0.2) is 4.79 Å². The lowest BCUT2D eigenvalue weighted by molar-refractivity contribution is -0.152. The summed E-state index contributed by atoms with van der Waals surface area (Å²) in [5.74, 6) is -1.18. The Morgan fingerprint density at radius 2 is 1.90 bits per heavy atom.